The Bertz CT molecular complexity index is 1030. The van der Waals surface area contributed by atoms with Gasteiger partial charge in [0.15, 0.2) is 0 Å². The number of carboxylic acid groups (broad SMARTS) is 1. The smallest absolute Gasteiger partial charge is 0.407 e. The molecule has 164 valence electrons. The number of aliphatic carboxylic acids is 1. The van der Waals surface area contributed by atoms with Gasteiger partial charge in [0.1, 0.15) is 19.2 Å². The van der Waals surface area contributed by atoms with E-state index in [9.17, 15) is 14.4 Å². The average molecular weight is 432 g/mol. The Morgan fingerprint density at radius 1 is 1.16 bits per heavy atom. The molecule has 2 aromatic rings. The minimum absolute atomic E-state index is 0.0125. The minimum atomic E-state index is -1.18. The van der Waals surface area contributed by atoms with E-state index in [4.69, 9.17) is 16.3 Å². The Morgan fingerprint density at radius 3 is 2.28 bits per heavy atom. The van der Waals surface area contributed by atoms with E-state index in [0.29, 0.717) is 0 Å². The van der Waals surface area contributed by atoms with Gasteiger partial charge >= 0.3 is 12.1 Å². The lowest BCUT2D eigenvalue weighted by Crippen LogP contribution is -2.50. The van der Waals surface area contributed by atoms with Gasteiger partial charge in [-0.1, -0.05) is 54.6 Å². The molecular formula is C25H24N2O5. The summed E-state index contributed by atoms with van der Waals surface area (Å²) < 4.78 is 5.46. The molecule has 32 heavy (non-hydrogen) atoms. The van der Waals surface area contributed by atoms with Gasteiger partial charge in [-0.2, -0.15) is 0 Å². The molecule has 0 saturated carbocycles. The van der Waals surface area contributed by atoms with Crippen molar-refractivity contribution in [1.29, 1.82) is 0 Å². The van der Waals surface area contributed by atoms with E-state index in [0.717, 1.165) is 27.2 Å². The van der Waals surface area contributed by atoms with Crippen LogP contribution in [0.5, 0.6) is 0 Å². The number of carbonyl (C=O) groups excluding carboxylic acids is 2. The molecule has 1 aliphatic carbocycles. The fourth-order valence-electron chi connectivity index (χ4n) is 3.87. The monoisotopic (exact) mass is 432 g/mol. The van der Waals surface area contributed by atoms with Crippen LogP contribution >= 0.6 is 0 Å². The summed E-state index contributed by atoms with van der Waals surface area (Å²) in [6.45, 7) is 3.10. The molecule has 0 spiro atoms. The van der Waals surface area contributed by atoms with Crippen LogP contribution in [0.3, 0.4) is 0 Å². The summed E-state index contributed by atoms with van der Waals surface area (Å²) in [6.07, 6.45) is 5.85. The van der Waals surface area contributed by atoms with Gasteiger partial charge in [-0.15, -0.1) is 18.9 Å². The molecule has 7 nitrogen and oxygen atoms in total. The van der Waals surface area contributed by atoms with E-state index in [-0.39, 0.29) is 25.5 Å². The molecule has 0 heterocycles. The summed E-state index contributed by atoms with van der Waals surface area (Å²) in [5, 5.41) is 11.5. The third-order valence-electron chi connectivity index (χ3n) is 5.24. The van der Waals surface area contributed by atoms with E-state index in [1.54, 1.807) is 0 Å². The number of carbonyl (C=O) groups is 3. The summed E-state index contributed by atoms with van der Waals surface area (Å²) in [5.41, 5.74) is 4.34. The van der Waals surface area contributed by atoms with Crippen molar-refractivity contribution in [3.05, 3.63) is 72.3 Å². The maximum Gasteiger partial charge on any atom is 0.407 e. The first-order chi connectivity index (χ1) is 15.5. The van der Waals surface area contributed by atoms with Gasteiger partial charge in [0, 0.05) is 18.9 Å². The molecule has 7 heteroatoms. The van der Waals surface area contributed by atoms with Crippen molar-refractivity contribution in [3.8, 4) is 23.5 Å². The Kier molecular flexibility index (Phi) is 7.29. The lowest BCUT2D eigenvalue weighted by atomic mass is 9.98. The number of nitrogens with zero attached hydrogens (tertiary/aromatic N) is 1. The van der Waals surface area contributed by atoms with E-state index in [1.165, 1.54) is 6.08 Å². The third-order valence-corrected chi connectivity index (χ3v) is 5.24. The Hall–Kier alpha value is -4.05. The molecular weight excluding hydrogens is 408 g/mol. The largest absolute Gasteiger partial charge is 0.480 e. The zero-order valence-electron chi connectivity index (χ0n) is 17.5. The van der Waals surface area contributed by atoms with Crippen molar-refractivity contribution < 1.29 is 24.2 Å². The predicted molar refractivity (Wildman–Crippen MR) is 120 cm³/mol. The number of terminal acetylenes is 1. The number of amides is 2. The summed E-state index contributed by atoms with van der Waals surface area (Å²) in [7, 11) is 0. The Labute approximate surface area is 186 Å². The van der Waals surface area contributed by atoms with E-state index in [1.807, 2.05) is 48.5 Å². The Morgan fingerprint density at radius 2 is 1.75 bits per heavy atom. The first-order valence-electron chi connectivity index (χ1n) is 10.1. The first-order valence-corrected chi connectivity index (χ1v) is 10.1. The second kappa shape index (κ2) is 10.3. The molecule has 0 aliphatic heterocycles. The maximum absolute atomic E-state index is 12.7. The molecule has 2 aromatic carbocycles. The molecule has 3 rings (SSSR count). The van der Waals surface area contributed by atoms with Crippen LogP contribution in [0.1, 0.15) is 23.5 Å². The van der Waals surface area contributed by atoms with E-state index >= 15 is 0 Å². The molecule has 2 N–H and O–H groups in total. The van der Waals surface area contributed by atoms with Crippen LogP contribution in [0.2, 0.25) is 0 Å². The van der Waals surface area contributed by atoms with Crippen molar-refractivity contribution in [2.45, 2.75) is 18.4 Å². The average Bonchev–Trinajstić information content (AvgIpc) is 3.10. The highest BCUT2D eigenvalue weighted by molar-refractivity contribution is 5.88. The number of fused-ring (bicyclic) bond motifs is 3. The van der Waals surface area contributed by atoms with Crippen molar-refractivity contribution in [2.24, 2.45) is 0 Å². The second-order valence-corrected chi connectivity index (χ2v) is 7.33. The molecule has 0 aromatic heterocycles. The van der Waals surface area contributed by atoms with Crippen LogP contribution in [0.4, 0.5) is 4.79 Å². The maximum atomic E-state index is 12.7. The fourth-order valence-corrected chi connectivity index (χ4v) is 3.87. The first kappa shape index (κ1) is 22.6. The van der Waals surface area contributed by atoms with Crippen LogP contribution in [0, 0.1) is 12.3 Å². The SMILES string of the molecule is C#CCC(NC(=O)OCC1c2ccccc2-c2ccccc21)C(=O)N(CC=C)CC(=O)O. The highest BCUT2D eigenvalue weighted by atomic mass is 16.5. The van der Waals surface area contributed by atoms with Crippen molar-refractivity contribution in [1.82, 2.24) is 10.2 Å². The fraction of sp³-hybridized carbons (Fsp3) is 0.240. The van der Waals surface area contributed by atoms with E-state index in [2.05, 4.69) is 17.8 Å². The normalized spacial score (nSPS) is 12.6. The summed E-state index contributed by atoms with van der Waals surface area (Å²) in [6, 6.07) is 14.8. The highest BCUT2D eigenvalue weighted by Crippen LogP contribution is 2.44. The van der Waals surface area contributed by atoms with Gasteiger partial charge in [-0.3, -0.25) is 9.59 Å². The molecule has 1 atom stereocenters. The third kappa shape index (κ3) is 4.98. The van der Waals surface area contributed by atoms with Gasteiger partial charge in [0.2, 0.25) is 5.91 Å². The number of benzene rings is 2. The van der Waals surface area contributed by atoms with Gasteiger partial charge in [-0.05, 0) is 22.3 Å². The van der Waals surface area contributed by atoms with Crippen LogP contribution in [0.15, 0.2) is 61.2 Å². The zero-order chi connectivity index (χ0) is 23.1. The highest BCUT2D eigenvalue weighted by Gasteiger charge is 2.30. The van der Waals surface area contributed by atoms with Crippen LogP contribution in [-0.2, 0) is 14.3 Å². The van der Waals surface area contributed by atoms with Gasteiger partial charge < -0.3 is 20.1 Å². The molecule has 0 bridgehead atoms. The standard InChI is InChI=1S/C25H24N2O5/c1-3-9-22(24(30)27(14-4-2)15-23(28)29)26-25(31)32-16-21-19-12-7-5-10-17(19)18-11-6-8-13-20(18)21/h1,4-8,10-13,21-22H,2,9,14-16H2,(H,26,31)(H,28,29). The summed E-state index contributed by atoms with van der Waals surface area (Å²) in [4.78, 5) is 37.4. The topological polar surface area (TPSA) is 95.9 Å². The summed E-state index contributed by atoms with van der Waals surface area (Å²) in [5.74, 6) is 0.419. The predicted octanol–water partition coefficient (Wildman–Crippen LogP) is 3.02. The van der Waals surface area contributed by atoms with E-state index < -0.39 is 30.6 Å². The lowest BCUT2D eigenvalue weighted by molar-refractivity contribution is -0.144. The van der Waals surface area contributed by atoms with Crippen LogP contribution in [0.25, 0.3) is 11.1 Å². The quantitative estimate of drug-likeness (QED) is 0.469. The van der Waals surface area contributed by atoms with Gasteiger partial charge in [0.25, 0.3) is 0 Å². The number of carboxylic acids is 1. The molecule has 0 radical (unpaired) electrons. The number of hydrogen-bond acceptors (Lipinski definition) is 4. The Balaban J connectivity index is 1.69. The molecule has 1 aliphatic rings. The molecule has 2 amide bonds. The number of nitrogens with one attached hydrogen (secondary N) is 1. The molecule has 0 saturated heterocycles. The second-order valence-electron chi connectivity index (χ2n) is 7.33. The number of ether oxygens (including phenoxy) is 1. The molecule has 0 fully saturated rings. The minimum Gasteiger partial charge on any atom is -0.480 e. The van der Waals surface area contributed by atoms with Crippen molar-refractivity contribution in [3.63, 3.8) is 0 Å². The number of rotatable bonds is 9. The number of alkyl carbamates (subject to hydrolysis) is 1. The van der Waals surface area contributed by atoms with Crippen molar-refractivity contribution in [2.75, 3.05) is 19.7 Å². The van der Waals surface area contributed by atoms with Crippen molar-refractivity contribution >= 4 is 18.0 Å². The summed E-state index contributed by atoms with van der Waals surface area (Å²) >= 11 is 0. The van der Waals surface area contributed by atoms with Gasteiger partial charge in [-0.25, -0.2) is 4.79 Å². The van der Waals surface area contributed by atoms with Crippen LogP contribution in [-0.4, -0.2) is 53.7 Å². The zero-order valence-corrected chi connectivity index (χ0v) is 17.5. The lowest BCUT2D eigenvalue weighted by Gasteiger charge is -2.24. The van der Waals surface area contributed by atoms with Gasteiger partial charge in [0.05, 0.1) is 0 Å². The molecule has 1 unspecified atom stereocenters. The van der Waals surface area contributed by atoms with Crippen LogP contribution < -0.4 is 5.32 Å². The number of hydrogen-bond donors (Lipinski definition) is 2.